The Balaban J connectivity index is 1.73. The molecule has 5 nitrogen and oxygen atoms in total. The Labute approximate surface area is 161 Å². The van der Waals surface area contributed by atoms with Crippen LogP contribution < -0.4 is 4.90 Å². The van der Waals surface area contributed by atoms with Crippen LogP contribution in [-0.2, 0) is 9.53 Å². The lowest BCUT2D eigenvalue weighted by Crippen LogP contribution is -2.42. The Morgan fingerprint density at radius 2 is 1.93 bits per heavy atom. The third-order valence-electron chi connectivity index (χ3n) is 4.67. The van der Waals surface area contributed by atoms with Gasteiger partial charge in [0.1, 0.15) is 17.7 Å². The number of rotatable bonds is 4. The minimum Gasteiger partial charge on any atom is -0.370 e. The number of carbonyl (C=O) groups excluding carboxylic acids is 2. The lowest BCUT2D eigenvalue weighted by Gasteiger charge is -2.33. The van der Waals surface area contributed by atoms with E-state index in [-0.39, 0.29) is 30.5 Å². The summed E-state index contributed by atoms with van der Waals surface area (Å²) in [4.78, 5) is 27.5. The summed E-state index contributed by atoms with van der Waals surface area (Å²) in [6.07, 6.45) is 0.551. The third kappa shape index (κ3) is 4.09. The second kappa shape index (κ2) is 8.31. The van der Waals surface area contributed by atoms with Crippen LogP contribution in [-0.4, -0.2) is 43.5 Å². The summed E-state index contributed by atoms with van der Waals surface area (Å²) in [5.41, 5.74) is 1.30. The molecule has 2 amide bonds. The summed E-state index contributed by atoms with van der Waals surface area (Å²) < 4.78 is 32.7. The van der Waals surface area contributed by atoms with E-state index < -0.39 is 17.7 Å². The van der Waals surface area contributed by atoms with Gasteiger partial charge in [0.25, 0.3) is 5.91 Å². The van der Waals surface area contributed by atoms with Gasteiger partial charge in [0.15, 0.2) is 0 Å². The molecule has 1 unspecified atom stereocenters. The summed E-state index contributed by atoms with van der Waals surface area (Å²) in [5, 5.41) is 0. The number of amides is 2. The molecule has 1 heterocycles. The largest absolute Gasteiger partial charge is 0.370 e. The van der Waals surface area contributed by atoms with Gasteiger partial charge in [-0.1, -0.05) is 12.6 Å². The molecule has 146 valence electrons. The van der Waals surface area contributed by atoms with E-state index in [9.17, 15) is 18.4 Å². The van der Waals surface area contributed by atoms with Crippen molar-refractivity contribution in [3.63, 3.8) is 0 Å². The maximum Gasteiger partial charge on any atom is 0.254 e. The molecule has 7 heteroatoms. The number of morpholine rings is 1. The first-order valence-electron chi connectivity index (χ1n) is 8.76. The molecule has 0 saturated carbocycles. The first-order chi connectivity index (χ1) is 13.4. The Kier molecular flexibility index (Phi) is 5.84. The topological polar surface area (TPSA) is 49.9 Å². The number of halogens is 2. The lowest BCUT2D eigenvalue weighted by molar-refractivity contribution is -0.113. The van der Waals surface area contributed by atoms with E-state index in [1.54, 1.807) is 36.2 Å². The molecule has 0 N–H and O–H groups in total. The zero-order valence-corrected chi connectivity index (χ0v) is 15.4. The first-order valence-corrected chi connectivity index (χ1v) is 8.76. The van der Waals surface area contributed by atoms with Gasteiger partial charge in [-0.3, -0.25) is 9.59 Å². The van der Waals surface area contributed by atoms with Gasteiger partial charge in [0.2, 0.25) is 5.91 Å². The second-order valence-electron chi connectivity index (χ2n) is 6.42. The molecular weight excluding hydrogens is 366 g/mol. The Bertz CT molecular complexity index is 899. The zero-order chi connectivity index (χ0) is 20.3. The lowest BCUT2D eigenvalue weighted by atomic mass is 10.1. The van der Waals surface area contributed by atoms with Crippen LogP contribution in [0.3, 0.4) is 0 Å². The average molecular weight is 386 g/mol. The zero-order valence-electron chi connectivity index (χ0n) is 15.4. The maximum atomic E-state index is 14.0. The predicted molar refractivity (Wildman–Crippen MR) is 101 cm³/mol. The van der Waals surface area contributed by atoms with Crippen LogP contribution in [0.25, 0.3) is 0 Å². The number of ether oxygens (including phenoxy) is 1. The van der Waals surface area contributed by atoms with E-state index in [0.29, 0.717) is 17.8 Å². The molecule has 1 atom stereocenters. The molecule has 0 bridgehead atoms. The molecule has 0 spiro atoms. The van der Waals surface area contributed by atoms with E-state index in [1.807, 2.05) is 0 Å². The van der Waals surface area contributed by atoms with E-state index in [1.165, 1.54) is 23.1 Å². The van der Waals surface area contributed by atoms with Crippen molar-refractivity contribution in [3.05, 3.63) is 77.9 Å². The first kappa shape index (κ1) is 19.7. The molecule has 0 radical (unpaired) electrons. The quantitative estimate of drug-likeness (QED) is 0.758. The van der Waals surface area contributed by atoms with E-state index in [4.69, 9.17) is 4.74 Å². The summed E-state index contributed by atoms with van der Waals surface area (Å²) in [6, 6.07) is 9.92. The highest BCUT2D eigenvalue weighted by Crippen LogP contribution is 2.26. The van der Waals surface area contributed by atoms with Gasteiger partial charge in [-0.15, -0.1) is 0 Å². The van der Waals surface area contributed by atoms with Gasteiger partial charge in [-0.05, 0) is 36.4 Å². The van der Waals surface area contributed by atoms with Crippen molar-refractivity contribution in [2.75, 3.05) is 31.6 Å². The van der Waals surface area contributed by atoms with Gasteiger partial charge in [0, 0.05) is 36.5 Å². The molecule has 1 aliphatic heterocycles. The van der Waals surface area contributed by atoms with Crippen LogP contribution >= 0.6 is 0 Å². The number of hydrogen-bond donors (Lipinski definition) is 0. The van der Waals surface area contributed by atoms with E-state index >= 15 is 0 Å². The summed E-state index contributed by atoms with van der Waals surface area (Å²) in [7, 11) is 1.62. The molecule has 3 rings (SSSR count). The van der Waals surface area contributed by atoms with Gasteiger partial charge in [-0.2, -0.15) is 0 Å². The van der Waals surface area contributed by atoms with E-state index in [0.717, 1.165) is 6.07 Å². The molecule has 1 saturated heterocycles. The summed E-state index contributed by atoms with van der Waals surface area (Å²) in [5.74, 6) is -1.83. The number of carbonyl (C=O) groups is 2. The van der Waals surface area contributed by atoms with Gasteiger partial charge >= 0.3 is 0 Å². The summed E-state index contributed by atoms with van der Waals surface area (Å²) in [6.45, 7) is 4.23. The average Bonchev–Trinajstić information content (AvgIpc) is 2.72. The van der Waals surface area contributed by atoms with Crippen LogP contribution in [0.1, 0.15) is 22.0 Å². The van der Waals surface area contributed by atoms with Crippen molar-refractivity contribution in [1.29, 1.82) is 0 Å². The van der Waals surface area contributed by atoms with Crippen LogP contribution in [0.15, 0.2) is 55.1 Å². The van der Waals surface area contributed by atoms with Gasteiger partial charge in [0.05, 0.1) is 13.2 Å². The highest BCUT2D eigenvalue weighted by atomic mass is 19.1. The smallest absolute Gasteiger partial charge is 0.254 e. The molecule has 2 aromatic rings. The van der Waals surface area contributed by atoms with Crippen molar-refractivity contribution in [1.82, 2.24) is 4.90 Å². The van der Waals surface area contributed by atoms with Gasteiger partial charge in [-0.25, -0.2) is 8.78 Å². The Hall–Kier alpha value is -3.06. The molecule has 28 heavy (non-hydrogen) atoms. The van der Waals surface area contributed by atoms with Crippen LogP contribution in [0.4, 0.5) is 14.5 Å². The number of anilines is 1. The Morgan fingerprint density at radius 1 is 1.21 bits per heavy atom. The number of hydrogen-bond acceptors (Lipinski definition) is 3. The van der Waals surface area contributed by atoms with Crippen LogP contribution in [0, 0.1) is 11.6 Å². The van der Waals surface area contributed by atoms with Crippen molar-refractivity contribution < 1.29 is 23.1 Å². The monoisotopic (exact) mass is 386 g/mol. The highest BCUT2D eigenvalue weighted by molar-refractivity contribution is 6.01. The van der Waals surface area contributed by atoms with Crippen LogP contribution in [0.5, 0.6) is 0 Å². The Morgan fingerprint density at radius 3 is 2.57 bits per heavy atom. The maximum absolute atomic E-state index is 14.0. The fraction of sp³-hybridized carbons (Fsp3) is 0.238. The number of likely N-dealkylation sites (N-methyl/N-ethyl adjacent to an activating group) is 1. The molecule has 1 aliphatic rings. The number of benzene rings is 2. The predicted octanol–water partition coefficient (Wildman–Crippen LogP) is 3.33. The van der Waals surface area contributed by atoms with Gasteiger partial charge < -0.3 is 14.5 Å². The minimum atomic E-state index is -0.696. The minimum absolute atomic E-state index is 0.165. The number of nitrogens with zero attached hydrogens (tertiary/aromatic N) is 2. The molecular formula is C21H20F2N2O3. The third-order valence-corrected chi connectivity index (χ3v) is 4.67. The van der Waals surface area contributed by atoms with Crippen molar-refractivity contribution >= 4 is 17.5 Å². The normalized spacial score (nSPS) is 16.5. The van der Waals surface area contributed by atoms with Crippen molar-refractivity contribution in [2.45, 2.75) is 6.10 Å². The molecule has 1 fully saturated rings. The highest BCUT2D eigenvalue weighted by Gasteiger charge is 2.28. The fourth-order valence-corrected chi connectivity index (χ4v) is 3.06. The molecule has 0 aliphatic carbocycles. The molecule has 0 aromatic heterocycles. The molecule has 2 aromatic carbocycles. The standard InChI is InChI=1S/C21H20F2N2O3/c1-3-20(26)24(2)16-7-4-14(5-8-16)21(27)25-10-11-28-19(13-25)17-9-6-15(22)12-18(17)23/h3-9,12,19H,1,10-11,13H2,2H3. The fourth-order valence-electron chi connectivity index (χ4n) is 3.06. The second-order valence-corrected chi connectivity index (χ2v) is 6.42. The van der Waals surface area contributed by atoms with Crippen molar-refractivity contribution in [2.24, 2.45) is 0 Å². The van der Waals surface area contributed by atoms with E-state index in [2.05, 4.69) is 6.58 Å². The van der Waals surface area contributed by atoms with Crippen LogP contribution in [0.2, 0.25) is 0 Å². The SMILES string of the molecule is C=CC(=O)N(C)c1ccc(C(=O)N2CCOC(c3ccc(F)cc3F)C2)cc1. The van der Waals surface area contributed by atoms with Crippen molar-refractivity contribution in [3.8, 4) is 0 Å². The summed E-state index contributed by atoms with van der Waals surface area (Å²) >= 11 is 0.